The Kier molecular flexibility index (Phi) is 5.33. The quantitative estimate of drug-likeness (QED) is 0.759. The number of rotatable bonds is 5. The molecule has 0 N–H and O–H groups in total. The van der Waals surface area contributed by atoms with Crippen molar-refractivity contribution in [1.82, 2.24) is 9.21 Å². The predicted octanol–water partition coefficient (Wildman–Crippen LogP) is 1.14. The number of hydrogen-bond donors (Lipinski definition) is 0. The van der Waals surface area contributed by atoms with Crippen LogP contribution in [0.15, 0.2) is 16.8 Å². The zero-order valence-electron chi connectivity index (χ0n) is 11.6. The number of nitrogens with zero attached hydrogens (tertiary/aromatic N) is 3. The maximum absolute atomic E-state index is 12.2. The van der Waals surface area contributed by atoms with Gasteiger partial charge in [-0.15, -0.1) is 0 Å². The summed E-state index contributed by atoms with van der Waals surface area (Å²) in [4.78, 5) is 13.8. The molecule has 8 heteroatoms. The minimum atomic E-state index is -3.31. The van der Waals surface area contributed by atoms with E-state index in [0.717, 1.165) is 0 Å². The van der Waals surface area contributed by atoms with Gasteiger partial charge in [-0.2, -0.15) is 20.9 Å². The third kappa shape index (κ3) is 4.03. The number of carbonyl (C=O) groups excluding carboxylic acids is 1. The van der Waals surface area contributed by atoms with Gasteiger partial charge in [0, 0.05) is 38.0 Å². The number of unbranched alkanes of at least 4 members (excludes halogenated alkanes) is 1. The van der Waals surface area contributed by atoms with E-state index in [1.54, 1.807) is 16.3 Å². The zero-order valence-corrected chi connectivity index (χ0v) is 13.2. The molecule has 1 amide bonds. The average Bonchev–Trinajstić information content (AvgIpc) is 3.01. The second-order valence-corrected chi connectivity index (χ2v) is 7.65. The van der Waals surface area contributed by atoms with Crippen LogP contribution in [0.4, 0.5) is 0 Å². The largest absolute Gasteiger partial charge is 0.336 e. The molecule has 1 aromatic rings. The van der Waals surface area contributed by atoms with Gasteiger partial charge in [0.1, 0.15) is 0 Å². The molecule has 0 atom stereocenters. The topological polar surface area (TPSA) is 81.5 Å². The number of amides is 1. The predicted molar refractivity (Wildman–Crippen MR) is 80.4 cm³/mol. The molecule has 2 rings (SSSR count). The van der Waals surface area contributed by atoms with E-state index in [2.05, 4.69) is 0 Å². The highest BCUT2D eigenvalue weighted by molar-refractivity contribution is 7.89. The average molecular weight is 327 g/mol. The highest BCUT2D eigenvalue weighted by atomic mass is 32.2. The molecule has 0 spiro atoms. The second kappa shape index (κ2) is 7.02. The van der Waals surface area contributed by atoms with Gasteiger partial charge in [0.15, 0.2) is 0 Å². The first-order valence-electron chi connectivity index (χ1n) is 6.71. The number of piperazine rings is 1. The maximum Gasteiger partial charge on any atom is 0.254 e. The fourth-order valence-electron chi connectivity index (χ4n) is 2.20. The van der Waals surface area contributed by atoms with Gasteiger partial charge in [0.05, 0.1) is 17.4 Å². The van der Waals surface area contributed by atoms with E-state index in [1.165, 1.54) is 15.6 Å². The standard InChI is InChI=1S/C13H17N3O3S2/c14-4-1-2-10-21(18,19)16-7-5-15(6-8-16)13(17)12-3-9-20-11-12/h3,9,11H,1-2,5-8,10H2. The normalized spacial score (nSPS) is 16.6. The summed E-state index contributed by atoms with van der Waals surface area (Å²) in [6.07, 6.45) is 0.600. The first kappa shape index (κ1) is 15.9. The van der Waals surface area contributed by atoms with E-state index in [4.69, 9.17) is 5.26 Å². The van der Waals surface area contributed by atoms with Crippen molar-refractivity contribution >= 4 is 27.3 Å². The highest BCUT2D eigenvalue weighted by Crippen LogP contribution is 2.14. The Morgan fingerprint density at radius 2 is 2.05 bits per heavy atom. The Hall–Kier alpha value is -1.43. The molecule has 2 heterocycles. The maximum atomic E-state index is 12.2. The number of hydrogen-bond acceptors (Lipinski definition) is 5. The van der Waals surface area contributed by atoms with Crippen molar-refractivity contribution in [1.29, 1.82) is 5.26 Å². The van der Waals surface area contributed by atoms with Gasteiger partial charge >= 0.3 is 0 Å². The van der Waals surface area contributed by atoms with E-state index in [-0.39, 0.29) is 18.1 Å². The molecule has 0 aromatic carbocycles. The van der Waals surface area contributed by atoms with Gasteiger partial charge < -0.3 is 4.90 Å². The fourth-order valence-corrected chi connectivity index (χ4v) is 4.32. The smallest absolute Gasteiger partial charge is 0.254 e. The van der Waals surface area contributed by atoms with Crippen molar-refractivity contribution in [2.75, 3.05) is 31.9 Å². The van der Waals surface area contributed by atoms with Crippen LogP contribution in [0, 0.1) is 11.3 Å². The Bertz CT molecular complexity index is 612. The molecule has 0 bridgehead atoms. The first-order chi connectivity index (χ1) is 10.0. The summed E-state index contributed by atoms with van der Waals surface area (Å²) < 4.78 is 25.6. The van der Waals surface area contributed by atoms with Crippen LogP contribution in [0.5, 0.6) is 0 Å². The molecular weight excluding hydrogens is 310 g/mol. The molecule has 1 aromatic heterocycles. The molecular formula is C13H17N3O3S2. The fraction of sp³-hybridized carbons (Fsp3) is 0.538. The van der Waals surface area contributed by atoms with E-state index in [9.17, 15) is 13.2 Å². The SMILES string of the molecule is N#CCCCS(=O)(=O)N1CCN(C(=O)c2ccsc2)CC1. The summed E-state index contributed by atoms with van der Waals surface area (Å²) in [5, 5.41) is 12.1. The van der Waals surface area contributed by atoms with Crippen molar-refractivity contribution in [3.63, 3.8) is 0 Å². The van der Waals surface area contributed by atoms with Gasteiger partial charge in [0.25, 0.3) is 5.91 Å². The molecule has 1 fully saturated rings. The number of carbonyl (C=O) groups is 1. The monoisotopic (exact) mass is 327 g/mol. The van der Waals surface area contributed by atoms with E-state index in [0.29, 0.717) is 38.2 Å². The van der Waals surface area contributed by atoms with Crippen molar-refractivity contribution < 1.29 is 13.2 Å². The summed E-state index contributed by atoms with van der Waals surface area (Å²) in [5.74, 6) is -0.0447. The van der Waals surface area contributed by atoms with Crippen molar-refractivity contribution in [3.8, 4) is 6.07 Å². The van der Waals surface area contributed by atoms with E-state index >= 15 is 0 Å². The van der Waals surface area contributed by atoms with Crippen molar-refractivity contribution in [2.45, 2.75) is 12.8 Å². The summed E-state index contributed by atoms with van der Waals surface area (Å²) in [6, 6.07) is 3.72. The van der Waals surface area contributed by atoms with Crippen molar-refractivity contribution in [2.24, 2.45) is 0 Å². The number of sulfonamides is 1. The van der Waals surface area contributed by atoms with E-state index < -0.39 is 10.0 Å². The lowest BCUT2D eigenvalue weighted by Gasteiger charge is -2.33. The Morgan fingerprint density at radius 1 is 1.33 bits per heavy atom. The van der Waals surface area contributed by atoms with Crippen molar-refractivity contribution in [3.05, 3.63) is 22.4 Å². The third-order valence-corrected chi connectivity index (χ3v) is 6.02. The summed E-state index contributed by atoms with van der Waals surface area (Å²) in [5.41, 5.74) is 0.658. The number of thiophene rings is 1. The lowest BCUT2D eigenvalue weighted by molar-refractivity contribution is 0.0698. The lowest BCUT2D eigenvalue weighted by atomic mass is 10.2. The second-order valence-electron chi connectivity index (χ2n) is 4.78. The highest BCUT2D eigenvalue weighted by Gasteiger charge is 2.28. The molecule has 114 valence electrons. The Labute approximate surface area is 128 Å². The Balaban J connectivity index is 1.88. The summed E-state index contributed by atoms with van der Waals surface area (Å²) in [7, 11) is -3.31. The molecule has 21 heavy (non-hydrogen) atoms. The van der Waals surface area contributed by atoms with Crippen LogP contribution in [0.1, 0.15) is 23.2 Å². The van der Waals surface area contributed by atoms with Gasteiger partial charge in [-0.25, -0.2) is 8.42 Å². The molecule has 1 aliphatic rings. The first-order valence-corrected chi connectivity index (χ1v) is 9.26. The van der Waals surface area contributed by atoms with Crippen LogP contribution in [0.3, 0.4) is 0 Å². The van der Waals surface area contributed by atoms with Crippen LogP contribution in [0.25, 0.3) is 0 Å². The molecule has 0 aliphatic carbocycles. The molecule has 0 radical (unpaired) electrons. The van der Waals surface area contributed by atoms with Crippen LogP contribution >= 0.6 is 11.3 Å². The van der Waals surface area contributed by atoms with Gasteiger partial charge in [-0.1, -0.05) is 0 Å². The van der Waals surface area contributed by atoms with Gasteiger partial charge in [-0.05, 0) is 17.9 Å². The van der Waals surface area contributed by atoms with E-state index in [1.807, 2.05) is 11.4 Å². The minimum Gasteiger partial charge on any atom is -0.336 e. The zero-order chi connectivity index (χ0) is 15.3. The van der Waals surface area contributed by atoms with Gasteiger partial charge in [-0.3, -0.25) is 4.79 Å². The van der Waals surface area contributed by atoms with Crippen LogP contribution in [0.2, 0.25) is 0 Å². The van der Waals surface area contributed by atoms with Crippen LogP contribution < -0.4 is 0 Å². The van der Waals surface area contributed by atoms with Gasteiger partial charge in [0.2, 0.25) is 10.0 Å². The number of nitriles is 1. The summed E-state index contributed by atoms with van der Waals surface area (Å²) in [6.45, 7) is 1.47. The molecule has 6 nitrogen and oxygen atoms in total. The third-order valence-electron chi connectivity index (χ3n) is 3.38. The lowest BCUT2D eigenvalue weighted by Crippen LogP contribution is -2.51. The summed E-state index contributed by atoms with van der Waals surface area (Å²) >= 11 is 1.47. The van der Waals surface area contributed by atoms with Crippen LogP contribution in [-0.4, -0.2) is 55.5 Å². The molecule has 0 unspecified atom stereocenters. The van der Waals surface area contributed by atoms with Crippen LogP contribution in [-0.2, 0) is 10.0 Å². The molecule has 0 saturated carbocycles. The minimum absolute atomic E-state index is 0.000955. The Morgan fingerprint density at radius 3 is 2.62 bits per heavy atom. The molecule has 1 aliphatic heterocycles. The molecule has 1 saturated heterocycles.